The van der Waals surface area contributed by atoms with Crippen LogP contribution in [0.2, 0.25) is 5.02 Å². The molecule has 1 aliphatic heterocycles. The van der Waals surface area contributed by atoms with Gasteiger partial charge in [0.05, 0.1) is 6.04 Å². The van der Waals surface area contributed by atoms with E-state index in [0.717, 1.165) is 29.6 Å². The normalized spacial score (nSPS) is 16.0. The summed E-state index contributed by atoms with van der Waals surface area (Å²) in [7, 11) is 0. The third-order valence-electron chi connectivity index (χ3n) is 6.17. The van der Waals surface area contributed by atoms with Gasteiger partial charge in [0, 0.05) is 22.5 Å². The molecule has 0 aliphatic carbocycles. The maximum absolute atomic E-state index is 13.0. The van der Waals surface area contributed by atoms with Gasteiger partial charge in [-0.1, -0.05) is 47.9 Å². The maximum Gasteiger partial charge on any atom is 0.287 e. The molecule has 1 aliphatic rings. The number of hydrogen-bond donors (Lipinski definition) is 1. The number of carbonyl (C=O) groups excluding carboxylic acids is 1. The Balaban J connectivity index is 1.55. The Kier molecular flexibility index (Phi) is 6.16. The van der Waals surface area contributed by atoms with Crippen LogP contribution in [-0.4, -0.2) is 30.4 Å². The topological polar surface area (TPSA) is 45.5 Å². The first-order valence-corrected chi connectivity index (χ1v) is 11.1. The van der Waals surface area contributed by atoms with Gasteiger partial charge in [0.15, 0.2) is 5.76 Å². The number of rotatable bonds is 5. The van der Waals surface area contributed by atoms with E-state index in [-0.39, 0.29) is 11.9 Å². The predicted molar refractivity (Wildman–Crippen MR) is 122 cm³/mol. The largest absolute Gasteiger partial charge is 0.451 e. The maximum atomic E-state index is 13.0. The van der Waals surface area contributed by atoms with Gasteiger partial charge in [0.2, 0.25) is 0 Å². The van der Waals surface area contributed by atoms with E-state index in [1.165, 1.54) is 30.4 Å². The Hall–Kier alpha value is -2.30. The van der Waals surface area contributed by atoms with Crippen molar-refractivity contribution in [2.75, 3.05) is 19.6 Å². The molecular formula is C25H29ClN2O2. The summed E-state index contributed by atoms with van der Waals surface area (Å²) in [4.78, 5) is 15.5. The molecule has 1 fully saturated rings. The first kappa shape index (κ1) is 21.0. The van der Waals surface area contributed by atoms with E-state index in [4.69, 9.17) is 16.0 Å². The average Bonchev–Trinajstić information content (AvgIpc) is 3.06. The van der Waals surface area contributed by atoms with Gasteiger partial charge >= 0.3 is 0 Å². The number of carbonyl (C=O) groups is 1. The number of likely N-dealkylation sites (tertiary alicyclic amines) is 1. The molecule has 3 aromatic rings. The van der Waals surface area contributed by atoms with Gasteiger partial charge in [-0.2, -0.15) is 0 Å². The Morgan fingerprint density at radius 1 is 1.10 bits per heavy atom. The minimum Gasteiger partial charge on any atom is -0.451 e. The zero-order valence-corrected chi connectivity index (χ0v) is 18.7. The lowest BCUT2D eigenvalue weighted by molar-refractivity contribution is 0.0898. The monoisotopic (exact) mass is 424 g/mol. The van der Waals surface area contributed by atoms with E-state index in [9.17, 15) is 4.79 Å². The highest BCUT2D eigenvalue weighted by molar-refractivity contribution is 6.32. The van der Waals surface area contributed by atoms with Crippen LogP contribution in [-0.2, 0) is 0 Å². The lowest BCUT2D eigenvalue weighted by atomic mass is 10.0. The summed E-state index contributed by atoms with van der Waals surface area (Å²) in [6.07, 6.45) is 3.70. The molecule has 4 nitrogen and oxygen atoms in total. The first-order valence-electron chi connectivity index (χ1n) is 10.7. The molecule has 0 unspecified atom stereocenters. The molecule has 2 heterocycles. The smallest absolute Gasteiger partial charge is 0.287 e. The van der Waals surface area contributed by atoms with Gasteiger partial charge < -0.3 is 9.73 Å². The SMILES string of the molecule is Cc1ccc([C@H](CNC(=O)c2oc3cc(C)c(Cl)cc3c2C)N2CCCCC2)cc1. The summed E-state index contributed by atoms with van der Waals surface area (Å²) >= 11 is 6.27. The molecule has 0 bridgehead atoms. The molecular weight excluding hydrogens is 396 g/mol. The summed E-state index contributed by atoms with van der Waals surface area (Å²) in [5.41, 5.74) is 4.95. The van der Waals surface area contributed by atoms with Crippen LogP contribution in [0.1, 0.15) is 58.1 Å². The van der Waals surface area contributed by atoms with Crippen LogP contribution in [0.4, 0.5) is 0 Å². The Morgan fingerprint density at radius 3 is 2.50 bits per heavy atom. The molecule has 1 amide bonds. The Labute approximate surface area is 183 Å². The number of hydrogen-bond acceptors (Lipinski definition) is 3. The number of amides is 1. The van der Waals surface area contributed by atoms with Crippen LogP contribution in [0.5, 0.6) is 0 Å². The van der Waals surface area contributed by atoms with Gasteiger partial charge in [-0.05, 0) is 70.0 Å². The molecule has 1 saturated heterocycles. The van der Waals surface area contributed by atoms with Crippen molar-refractivity contribution in [1.29, 1.82) is 0 Å². The summed E-state index contributed by atoms with van der Waals surface area (Å²) in [5, 5.41) is 4.71. The molecule has 0 spiro atoms. The third kappa shape index (κ3) is 4.26. The highest BCUT2D eigenvalue weighted by Gasteiger charge is 2.25. The first-order chi connectivity index (χ1) is 14.4. The molecule has 1 aromatic heterocycles. The fraction of sp³-hybridized carbons (Fsp3) is 0.400. The number of furan rings is 1. The second-order valence-electron chi connectivity index (χ2n) is 8.39. The van der Waals surface area contributed by atoms with Crippen LogP contribution in [0.3, 0.4) is 0 Å². The molecule has 1 N–H and O–H groups in total. The molecule has 0 saturated carbocycles. The zero-order chi connectivity index (χ0) is 21.3. The van der Waals surface area contributed by atoms with Gasteiger partial charge in [-0.25, -0.2) is 0 Å². The zero-order valence-electron chi connectivity index (χ0n) is 17.9. The summed E-state index contributed by atoms with van der Waals surface area (Å²) in [6.45, 7) is 8.63. The second-order valence-corrected chi connectivity index (χ2v) is 8.79. The van der Waals surface area contributed by atoms with Crippen LogP contribution >= 0.6 is 11.6 Å². The molecule has 158 valence electrons. The average molecular weight is 425 g/mol. The number of nitrogens with zero attached hydrogens (tertiary/aromatic N) is 1. The third-order valence-corrected chi connectivity index (χ3v) is 6.58. The number of piperidine rings is 1. The van der Waals surface area contributed by atoms with Crippen molar-refractivity contribution in [2.45, 2.75) is 46.1 Å². The minimum atomic E-state index is -0.174. The molecule has 30 heavy (non-hydrogen) atoms. The van der Waals surface area contributed by atoms with Gasteiger partial charge in [0.1, 0.15) is 5.58 Å². The Bertz CT molecular complexity index is 1050. The molecule has 0 radical (unpaired) electrons. The standard InChI is InChI=1S/C25H29ClN2O2/c1-16-7-9-19(10-8-16)22(28-11-5-4-6-12-28)15-27-25(29)24-18(3)20-14-21(26)17(2)13-23(20)30-24/h7-10,13-14,22H,4-6,11-12,15H2,1-3H3,(H,27,29)/t22-/m0/s1. The van der Waals surface area contributed by atoms with Gasteiger partial charge in [-0.3, -0.25) is 9.69 Å². The number of fused-ring (bicyclic) bond motifs is 1. The number of nitrogens with one attached hydrogen (secondary N) is 1. The Morgan fingerprint density at radius 2 is 1.80 bits per heavy atom. The molecule has 5 heteroatoms. The van der Waals surface area contributed by atoms with Crippen molar-refractivity contribution in [1.82, 2.24) is 10.2 Å². The molecule has 2 aromatic carbocycles. The summed E-state index contributed by atoms with van der Waals surface area (Å²) in [6, 6.07) is 12.6. The molecule has 1 atom stereocenters. The fourth-order valence-corrected chi connectivity index (χ4v) is 4.47. The van der Waals surface area contributed by atoms with Crippen LogP contribution in [0.25, 0.3) is 11.0 Å². The summed E-state index contributed by atoms with van der Waals surface area (Å²) < 4.78 is 5.91. The van der Waals surface area contributed by atoms with Crippen molar-refractivity contribution >= 4 is 28.5 Å². The van der Waals surface area contributed by atoms with E-state index in [1.807, 2.05) is 26.0 Å². The lowest BCUT2D eigenvalue weighted by Gasteiger charge is -2.35. The van der Waals surface area contributed by atoms with Crippen LogP contribution in [0, 0.1) is 20.8 Å². The van der Waals surface area contributed by atoms with Crippen molar-refractivity contribution in [3.05, 3.63) is 69.4 Å². The highest BCUT2D eigenvalue weighted by atomic mass is 35.5. The van der Waals surface area contributed by atoms with Crippen LogP contribution < -0.4 is 5.32 Å². The van der Waals surface area contributed by atoms with E-state index in [2.05, 4.69) is 41.4 Å². The van der Waals surface area contributed by atoms with Crippen molar-refractivity contribution in [3.63, 3.8) is 0 Å². The number of halogens is 1. The fourth-order valence-electron chi connectivity index (χ4n) is 4.30. The van der Waals surface area contributed by atoms with Crippen molar-refractivity contribution in [2.24, 2.45) is 0 Å². The molecule has 4 rings (SSSR count). The predicted octanol–water partition coefficient (Wildman–Crippen LogP) is 5.97. The van der Waals surface area contributed by atoms with Crippen molar-refractivity contribution in [3.8, 4) is 0 Å². The van der Waals surface area contributed by atoms with E-state index >= 15 is 0 Å². The van der Waals surface area contributed by atoms with Crippen LogP contribution in [0.15, 0.2) is 40.8 Å². The van der Waals surface area contributed by atoms with Gasteiger partial charge in [-0.15, -0.1) is 0 Å². The van der Waals surface area contributed by atoms with Gasteiger partial charge in [0.25, 0.3) is 5.91 Å². The number of aryl methyl sites for hydroxylation is 3. The summed E-state index contributed by atoms with van der Waals surface area (Å²) in [5.74, 6) is 0.194. The van der Waals surface area contributed by atoms with Crippen molar-refractivity contribution < 1.29 is 9.21 Å². The second kappa shape index (κ2) is 8.83. The van der Waals surface area contributed by atoms with E-state index in [1.54, 1.807) is 0 Å². The highest BCUT2D eigenvalue weighted by Crippen LogP contribution is 2.30. The minimum absolute atomic E-state index is 0.163. The van der Waals surface area contributed by atoms with E-state index < -0.39 is 0 Å². The quantitative estimate of drug-likeness (QED) is 0.548. The number of benzene rings is 2. The lowest BCUT2D eigenvalue weighted by Crippen LogP contribution is -2.40. The van der Waals surface area contributed by atoms with E-state index in [0.29, 0.717) is 22.9 Å².